The summed E-state index contributed by atoms with van der Waals surface area (Å²) in [5.41, 5.74) is 1.52. The SMILES string of the molecule is O=C(COc1ccc2c(c1)OCO2)N1CCCC2=C[C@H]3C[C@@H](CN4CCCCC34)C21. The highest BCUT2D eigenvalue weighted by atomic mass is 16.7. The summed E-state index contributed by atoms with van der Waals surface area (Å²) >= 11 is 0. The van der Waals surface area contributed by atoms with E-state index >= 15 is 0 Å². The van der Waals surface area contributed by atoms with Crippen molar-refractivity contribution in [3.8, 4) is 17.2 Å². The van der Waals surface area contributed by atoms with Gasteiger partial charge in [-0.2, -0.15) is 0 Å². The van der Waals surface area contributed by atoms with Gasteiger partial charge in [-0.3, -0.25) is 9.69 Å². The van der Waals surface area contributed by atoms with Crippen LogP contribution in [0.2, 0.25) is 0 Å². The van der Waals surface area contributed by atoms with Gasteiger partial charge in [0.2, 0.25) is 6.79 Å². The molecule has 6 heteroatoms. The number of ether oxygens (including phenoxy) is 3. The molecule has 6 nitrogen and oxygen atoms in total. The Hall–Kier alpha value is -2.21. The number of nitrogens with zero attached hydrogens (tertiary/aromatic N) is 2. The number of benzene rings is 1. The van der Waals surface area contributed by atoms with Crippen LogP contribution >= 0.6 is 0 Å². The van der Waals surface area contributed by atoms with Crippen LogP contribution in [0, 0.1) is 11.8 Å². The number of hydrogen-bond donors (Lipinski definition) is 0. The highest BCUT2D eigenvalue weighted by Gasteiger charge is 2.46. The molecule has 6 rings (SSSR count). The lowest BCUT2D eigenvalue weighted by Gasteiger charge is -2.54. The molecule has 0 N–H and O–H groups in total. The topological polar surface area (TPSA) is 51.2 Å². The van der Waals surface area contributed by atoms with Crippen molar-refractivity contribution >= 4 is 5.91 Å². The molecule has 0 radical (unpaired) electrons. The number of carbonyl (C=O) groups is 1. The van der Waals surface area contributed by atoms with Crippen molar-refractivity contribution in [2.75, 3.05) is 33.0 Å². The van der Waals surface area contributed by atoms with Crippen molar-refractivity contribution < 1.29 is 19.0 Å². The Morgan fingerprint density at radius 1 is 1.13 bits per heavy atom. The molecule has 3 fully saturated rings. The van der Waals surface area contributed by atoms with E-state index in [1.807, 2.05) is 12.1 Å². The molecule has 0 saturated carbocycles. The van der Waals surface area contributed by atoms with Crippen LogP contribution in [0.25, 0.3) is 0 Å². The van der Waals surface area contributed by atoms with Gasteiger partial charge in [0.05, 0.1) is 6.04 Å². The summed E-state index contributed by atoms with van der Waals surface area (Å²) in [4.78, 5) is 18.0. The number of likely N-dealkylation sites (tertiary alicyclic amines) is 1. The summed E-state index contributed by atoms with van der Waals surface area (Å²) < 4.78 is 16.6. The Balaban J connectivity index is 1.17. The second-order valence-electron chi connectivity index (χ2n) is 9.40. The summed E-state index contributed by atoms with van der Waals surface area (Å²) in [7, 11) is 0. The van der Waals surface area contributed by atoms with Gasteiger partial charge in [-0.1, -0.05) is 18.1 Å². The molecule has 4 heterocycles. The third-order valence-electron chi connectivity index (χ3n) is 7.68. The zero-order valence-electron chi connectivity index (χ0n) is 17.4. The molecule has 1 aromatic rings. The first-order chi connectivity index (χ1) is 14.8. The van der Waals surface area contributed by atoms with Crippen LogP contribution in [-0.4, -0.2) is 60.8 Å². The van der Waals surface area contributed by atoms with E-state index in [4.69, 9.17) is 14.2 Å². The Labute approximate surface area is 177 Å². The first-order valence-electron chi connectivity index (χ1n) is 11.5. The van der Waals surface area contributed by atoms with Gasteiger partial charge >= 0.3 is 0 Å². The minimum absolute atomic E-state index is 0.0753. The maximum atomic E-state index is 13.2. The molecule has 4 atom stereocenters. The van der Waals surface area contributed by atoms with Gasteiger partial charge in [-0.25, -0.2) is 0 Å². The van der Waals surface area contributed by atoms with Crippen LogP contribution in [-0.2, 0) is 4.79 Å². The van der Waals surface area contributed by atoms with Gasteiger partial charge in [0.15, 0.2) is 18.1 Å². The van der Waals surface area contributed by atoms with E-state index in [-0.39, 0.29) is 25.3 Å². The fourth-order valence-corrected chi connectivity index (χ4v) is 6.45. The third-order valence-corrected chi connectivity index (χ3v) is 7.68. The van der Waals surface area contributed by atoms with Gasteiger partial charge in [-0.15, -0.1) is 0 Å². The molecule has 160 valence electrons. The minimum atomic E-state index is 0.0753. The van der Waals surface area contributed by atoms with Crippen molar-refractivity contribution in [3.63, 3.8) is 0 Å². The van der Waals surface area contributed by atoms with Crippen molar-refractivity contribution in [2.45, 2.75) is 50.6 Å². The molecule has 3 saturated heterocycles. The first kappa shape index (κ1) is 18.6. The third kappa shape index (κ3) is 3.16. The summed E-state index contributed by atoms with van der Waals surface area (Å²) in [6.07, 6.45) is 10.0. The molecular formula is C24H30N2O4. The number of carbonyl (C=O) groups excluding carboxylic acids is 1. The van der Waals surface area contributed by atoms with E-state index in [1.54, 1.807) is 6.07 Å². The lowest BCUT2D eigenvalue weighted by atomic mass is 9.68. The van der Waals surface area contributed by atoms with Crippen molar-refractivity contribution in [1.82, 2.24) is 9.80 Å². The van der Waals surface area contributed by atoms with E-state index in [1.165, 1.54) is 37.8 Å². The van der Waals surface area contributed by atoms with Crippen LogP contribution in [0.4, 0.5) is 0 Å². The molecule has 1 aromatic carbocycles. The molecule has 4 aliphatic heterocycles. The van der Waals surface area contributed by atoms with Gasteiger partial charge < -0.3 is 19.1 Å². The zero-order valence-corrected chi connectivity index (χ0v) is 17.4. The van der Waals surface area contributed by atoms with E-state index < -0.39 is 0 Å². The van der Waals surface area contributed by atoms with E-state index in [0.717, 1.165) is 37.7 Å². The largest absolute Gasteiger partial charge is 0.484 e. The van der Waals surface area contributed by atoms with Crippen LogP contribution in [0.15, 0.2) is 29.8 Å². The van der Waals surface area contributed by atoms with Gasteiger partial charge in [0.1, 0.15) is 5.75 Å². The number of amides is 1. The van der Waals surface area contributed by atoms with Crippen molar-refractivity contribution in [1.29, 1.82) is 0 Å². The Morgan fingerprint density at radius 2 is 2.07 bits per heavy atom. The second-order valence-corrected chi connectivity index (χ2v) is 9.40. The number of piperidine rings is 3. The van der Waals surface area contributed by atoms with Gasteiger partial charge in [0, 0.05) is 25.2 Å². The highest BCUT2D eigenvalue weighted by molar-refractivity contribution is 5.79. The predicted molar refractivity (Wildman–Crippen MR) is 112 cm³/mol. The standard InChI is InChI=1S/C24H30N2O4/c27-23(14-28-19-6-7-21-22(12-19)30-15-29-21)26-9-3-4-16-10-17-11-18(24(16)26)13-25-8-2-1-5-20(17)25/h6-7,10,12,17-18,20,24H,1-5,8-9,11,13-15H2/t17-,18-,20?,24?/m0/s1. The monoisotopic (exact) mass is 410 g/mol. The van der Waals surface area contributed by atoms with Gasteiger partial charge in [-0.05, 0) is 62.6 Å². The fourth-order valence-electron chi connectivity index (χ4n) is 6.45. The summed E-state index contributed by atoms with van der Waals surface area (Å²) in [6.45, 7) is 3.54. The Morgan fingerprint density at radius 3 is 3.03 bits per heavy atom. The van der Waals surface area contributed by atoms with E-state index in [2.05, 4.69) is 15.9 Å². The molecule has 0 spiro atoms. The first-order valence-corrected chi connectivity index (χ1v) is 11.5. The van der Waals surface area contributed by atoms with E-state index in [9.17, 15) is 4.79 Å². The van der Waals surface area contributed by atoms with Crippen molar-refractivity contribution in [3.05, 3.63) is 29.8 Å². The van der Waals surface area contributed by atoms with Crippen LogP contribution in [0.1, 0.15) is 38.5 Å². The lowest BCUT2D eigenvalue weighted by molar-refractivity contribution is -0.138. The van der Waals surface area contributed by atoms with Gasteiger partial charge in [0.25, 0.3) is 5.91 Å². The van der Waals surface area contributed by atoms with Crippen LogP contribution in [0.5, 0.6) is 17.2 Å². The fraction of sp³-hybridized carbons (Fsp3) is 0.625. The summed E-state index contributed by atoms with van der Waals surface area (Å²) in [5, 5.41) is 0. The molecule has 1 amide bonds. The molecule has 1 aliphatic carbocycles. The Kier molecular flexibility index (Phi) is 4.63. The number of hydrogen-bond acceptors (Lipinski definition) is 5. The Bertz CT molecular complexity index is 869. The average molecular weight is 411 g/mol. The minimum Gasteiger partial charge on any atom is -0.484 e. The highest BCUT2D eigenvalue weighted by Crippen LogP contribution is 2.45. The summed E-state index contributed by atoms with van der Waals surface area (Å²) in [6, 6.07) is 6.49. The second kappa shape index (κ2) is 7.49. The van der Waals surface area contributed by atoms with Crippen molar-refractivity contribution in [2.24, 2.45) is 11.8 Å². The molecule has 30 heavy (non-hydrogen) atoms. The molecule has 2 bridgehead atoms. The maximum Gasteiger partial charge on any atom is 0.261 e. The molecule has 5 aliphatic rings. The zero-order chi connectivity index (χ0) is 20.1. The van der Waals surface area contributed by atoms with E-state index in [0.29, 0.717) is 23.3 Å². The lowest BCUT2D eigenvalue weighted by Crippen LogP contribution is -2.60. The quantitative estimate of drug-likeness (QED) is 0.717. The van der Waals surface area contributed by atoms with Crippen LogP contribution in [0.3, 0.4) is 0 Å². The molecule has 2 unspecified atom stereocenters. The van der Waals surface area contributed by atoms with Crippen LogP contribution < -0.4 is 14.2 Å². The molecular weight excluding hydrogens is 380 g/mol. The number of fused-ring (bicyclic) bond motifs is 7. The summed E-state index contributed by atoms with van der Waals surface area (Å²) in [5.74, 6) is 3.42. The predicted octanol–water partition coefficient (Wildman–Crippen LogP) is 3.22. The number of rotatable bonds is 3. The smallest absolute Gasteiger partial charge is 0.261 e. The molecule has 0 aromatic heterocycles. The maximum absolute atomic E-state index is 13.2. The normalized spacial score (nSPS) is 32.1. The average Bonchev–Trinajstić information content (AvgIpc) is 3.25.